The van der Waals surface area contributed by atoms with E-state index in [9.17, 15) is 14.4 Å². The van der Waals surface area contributed by atoms with Gasteiger partial charge in [-0.05, 0) is 42.0 Å². The van der Waals surface area contributed by atoms with Gasteiger partial charge in [0.25, 0.3) is 5.91 Å². The second-order valence-corrected chi connectivity index (χ2v) is 10.1. The Labute approximate surface area is 229 Å². The number of rotatable bonds is 10. The number of benzene rings is 4. The van der Waals surface area contributed by atoms with Gasteiger partial charge in [0.2, 0.25) is 11.8 Å². The minimum absolute atomic E-state index is 0.0296. The van der Waals surface area contributed by atoms with E-state index in [-0.39, 0.29) is 24.1 Å². The summed E-state index contributed by atoms with van der Waals surface area (Å²) in [5.41, 5.74) is 4.69. The van der Waals surface area contributed by atoms with Crippen LogP contribution in [-0.2, 0) is 22.6 Å². The third-order valence-corrected chi connectivity index (χ3v) is 7.41. The van der Waals surface area contributed by atoms with Crippen molar-refractivity contribution in [3.05, 3.63) is 113 Å². The normalized spacial score (nSPS) is 13.0. The summed E-state index contributed by atoms with van der Waals surface area (Å²) in [6, 6.07) is 28.8. The largest absolute Gasteiger partial charge is 0.357 e. The van der Waals surface area contributed by atoms with Crippen LogP contribution < -0.4 is 10.2 Å². The zero-order valence-corrected chi connectivity index (χ0v) is 22.4. The predicted octanol–water partition coefficient (Wildman–Crippen LogP) is 5.27. The van der Waals surface area contributed by atoms with Crippen molar-refractivity contribution in [2.24, 2.45) is 0 Å². The molecule has 1 heterocycles. The molecule has 6 heteroatoms. The molecule has 0 radical (unpaired) electrons. The molecule has 6 nitrogen and oxygen atoms in total. The minimum atomic E-state index is -0.655. The summed E-state index contributed by atoms with van der Waals surface area (Å²) in [5.74, 6) is -0.336. The van der Waals surface area contributed by atoms with Gasteiger partial charge in [0.05, 0.1) is 5.69 Å². The van der Waals surface area contributed by atoms with Gasteiger partial charge >= 0.3 is 0 Å². The van der Waals surface area contributed by atoms with Crippen LogP contribution in [0.1, 0.15) is 39.9 Å². The Kier molecular flexibility index (Phi) is 7.73. The number of hydrogen-bond donors (Lipinski definition) is 1. The maximum atomic E-state index is 13.8. The van der Waals surface area contributed by atoms with E-state index in [0.717, 1.165) is 33.2 Å². The van der Waals surface area contributed by atoms with Gasteiger partial charge in [-0.1, -0.05) is 84.4 Å². The second-order valence-electron chi connectivity index (χ2n) is 10.1. The van der Waals surface area contributed by atoms with Gasteiger partial charge in [0.1, 0.15) is 6.04 Å². The standard InChI is InChI=1S/C33H33N3O3/c1-23-16-18-25(19-17-23)22-36(29(32(38)34-2)21-24-9-4-3-5-10-24)30(37)15-8-20-35-28-14-7-12-26-11-6-13-27(31(26)28)33(35)39/h3-7,9-14,16-19,29H,8,15,20-22H2,1-2H3,(H,34,38). The third kappa shape index (κ3) is 5.55. The van der Waals surface area contributed by atoms with Crippen molar-refractivity contribution in [2.45, 2.75) is 38.8 Å². The van der Waals surface area contributed by atoms with E-state index in [1.165, 1.54) is 0 Å². The zero-order valence-electron chi connectivity index (χ0n) is 22.4. The molecule has 4 aromatic carbocycles. The van der Waals surface area contributed by atoms with Gasteiger partial charge in [-0.3, -0.25) is 14.4 Å². The molecule has 0 bridgehead atoms. The van der Waals surface area contributed by atoms with Crippen molar-refractivity contribution >= 4 is 34.2 Å². The quantitative estimate of drug-likeness (QED) is 0.310. The number of carbonyl (C=O) groups excluding carboxylic acids is 3. The van der Waals surface area contributed by atoms with Crippen LogP contribution >= 0.6 is 0 Å². The van der Waals surface area contributed by atoms with Crippen molar-refractivity contribution in [2.75, 3.05) is 18.5 Å². The van der Waals surface area contributed by atoms with Gasteiger partial charge in [-0.15, -0.1) is 0 Å². The summed E-state index contributed by atoms with van der Waals surface area (Å²) in [6.07, 6.45) is 1.13. The second kappa shape index (κ2) is 11.5. The fraction of sp³-hybridized carbons (Fsp3) is 0.242. The highest BCUT2D eigenvalue weighted by atomic mass is 16.2. The number of likely N-dealkylation sites (N-methyl/N-ethyl adjacent to an activating group) is 1. The molecule has 5 rings (SSSR count). The first-order chi connectivity index (χ1) is 19.0. The zero-order chi connectivity index (χ0) is 27.4. The number of nitrogens with one attached hydrogen (secondary N) is 1. The van der Waals surface area contributed by atoms with E-state index >= 15 is 0 Å². The Morgan fingerprint density at radius 3 is 2.31 bits per heavy atom. The molecule has 0 saturated heterocycles. The Bertz CT molecular complexity index is 1490. The average molecular weight is 520 g/mol. The van der Waals surface area contributed by atoms with E-state index in [2.05, 4.69) is 5.32 Å². The number of amides is 3. The lowest BCUT2D eigenvalue weighted by Gasteiger charge is -2.31. The van der Waals surface area contributed by atoms with E-state index in [1.54, 1.807) is 16.8 Å². The monoisotopic (exact) mass is 519 g/mol. The first kappa shape index (κ1) is 26.2. The lowest BCUT2D eigenvalue weighted by atomic mass is 10.0. The lowest BCUT2D eigenvalue weighted by molar-refractivity contribution is -0.141. The van der Waals surface area contributed by atoms with Crippen LogP contribution in [0.25, 0.3) is 10.8 Å². The maximum absolute atomic E-state index is 13.8. The van der Waals surface area contributed by atoms with Crippen LogP contribution in [0.15, 0.2) is 91.0 Å². The highest BCUT2D eigenvalue weighted by Gasteiger charge is 2.31. The lowest BCUT2D eigenvalue weighted by Crippen LogP contribution is -2.49. The smallest absolute Gasteiger partial charge is 0.258 e. The van der Waals surface area contributed by atoms with E-state index < -0.39 is 6.04 Å². The van der Waals surface area contributed by atoms with Crippen LogP contribution in [0.4, 0.5) is 5.69 Å². The summed E-state index contributed by atoms with van der Waals surface area (Å²) < 4.78 is 0. The molecule has 3 amide bonds. The molecular weight excluding hydrogens is 486 g/mol. The summed E-state index contributed by atoms with van der Waals surface area (Å²) in [4.78, 5) is 43.5. The third-order valence-electron chi connectivity index (χ3n) is 7.41. The summed E-state index contributed by atoms with van der Waals surface area (Å²) in [6.45, 7) is 2.78. The number of nitrogens with zero attached hydrogens (tertiary/aromatic N) is 2. The Morgan fingerprint density at radius 1 is 0.872 bits per heavy atom. The molecule has 198 valence electrons. The van der Waals surface area contributed by atoms with Gasteiger partial charge in [-0.2, -0.15) is 0 Å². The van der Waals surface area contributed by atoms with E-state index in [1.807, 2.05) is 97.9 Å². The Morgan fingerprint density at radius 2 is 1.59 bits per heavy atom. The van der Waals surface area contributed by atoms with Crippen molar-refractivity contribution < 1.29 is 14.4 Å². The Hall–Kier alpha value is -4.45. The number of anilines is 1. The van der Waals surface area contributed by atoms with E-state index in [0.29, 0.717) is 31.5 Å². The molecule has 0 spiro atoms. The van der Waals surface area contributed by atoms with Crippen molar-refractivity contribution in [1.82, 2.24) is 10.2 Å². The predicted molar refractivity (Wildman–Crippen MR) is 155 cm³/mol. The SMILES string of the molecule is CNC(=O)C(Cc1ccccc1)N(Cc1ccc(C)cc1)C(=O)CCCN1C(=O)c2cccc3cccc1c23. The van der Waals surface area contributed by atoms with Gasteiger partial charge < -0.3 is 15.1 Å². The summed E-state index contributed by atoms with van der Waals surface area (Å²) >= 11 is 0. The molecule has 1 N–H and O–H groups in total. The fourth-order valence-corrected chi connectivity index (χ4v) is 5.34. The minimum Gasteiger partial charge on any atom is -0.357 e. The van der Waals surface area contributed by atoms with Crippen molar-refractivity contribution in [3.63, 3.8) is 0 Å². The van der Waals surface area contributed by atoms with E-state index in [4.69, 9.17) is 0 Å². The molecule has 0 fully saturated rings. The van der Waals surface area contributed by atoms with Gasteiger partial charge in [0, 0.05) is 43.9 Å². The molecule has 39 heavy (non-hydrogen) atoms. The maximum Gasteiger partial charge on any atom is 0.258 e. The molecule has 4 aromatic rings. The molecule has 0 aromatic heterocycles. The molecule has 0 aliphatic carbocycles. The van der Waals surface area contributed by atoms with Crippen LogP contribution in [-0.4, -0.2) is 42.3 Å². The number of hydrogen-bond acceptors (Lipinski definition) is 3. The van der Waals surface area contributed by atoms with Gasteiger partial charge in [-0.25, -0.2) is 0 Å². The van der Waals surface area contributed by atoms with Crippen LogP contribution in [0.5, 0.6) is 0 Å². The molecule has 1 atom stereocenters. The molecular formula is C33H33N3O3. The average Bonchev–Trinajstić information content (AvgIpc) is 3.24. The molecule has 1 aliphatic heterocycles. The van der Waals surface area contributed by atoms with Gasteiger partial charge in [0.15, 0.2) is 0 Å². The number of carbonyl (C=O) groups is 3. The topological polar surface area (TPSA) is 69.7 Å². The van der Waals surface area contributed by atoms with Crippen LogP contribution in [0, 0.1) is 6.92 Å². The fourth-order valence-electron chi connectivity index (χ4n) is 5.34. The highest BCUT2D eigenvalue weighted by Crippen LogP contribution is 2.37. The Balaban J connectivity index is 1.35. The first-order valence-corrected chi connectivity index (χ1v) is 13.4. The highest BCUT2D eigenvalue weighted by molar-refractivity contribution is 6.25. The number of aryl methyl sites for hydroxylation is 1. The summed E-state index contributed by atoms with van der Waals surface area (Å²) in [5, 5.41) is 4.77. The van der Waals surface area contributed by atoms with Crippen molar-refractivity contribution in [1.29, 1.82) is 0 Å². The van der Waals surface area contributed by atoms with Crippen LogP contribution in [0.2, 0.25) is 0 Å². The molecule has 0 saturated carbocycles. The van der Waals surface area contributed by atoms with Crippen LogP contribution in [0.3, 0.4) is 0 Å². The molecule has 1 aliphatic rings. The summed E-state index contributed by atoms with van der Waals surface area (Å²) in [7, 11) is 1.60. The first-order valence-electron chi connectivity index (χ1n) is 13.4. The van der Waals surface area contributed by atoms with Crippen molar-refractivity contribution in [3.8, 4) is 0 Å². The molecule has 1 unspecified atom stereocenters.